The largest absolute Gasteiger partial charge is 0.338 e. The molecule has 1 atom stereocenters. The maximum atomic E-state index is 12.4. The summed E-state index contributed by atoms with van der Waals surface area (Å²) in [4.78, 5) is 18.5. The van der Waals surface area contributed by atoms with Gasteiger partial charge in [0, 0.05) is 44.5 Å². The number of hydrogen-bond acceptors (Lipinski definition) is 3. The van der Waals surface area contributed by atoms with Crippen LogP contribution in [-0.4, -0.2) is 46.0 Å². The van der Waals surface area contributed by atoms with Gasteiger partial charge in [0.25, 0.3) is 0 Å². The van der Waals surface area contributed by atoms with E-state index in [1.165, 1.54) is 6.42 Å². The molecule has 1 N–H and O–H groups in total. The summed E-state index contributed by atoms with van der Waals surface area (Å²) in [6, 6.07) is 0.379. The van der Waals surface area contributed by atoms with E-state index < -0.39 is 0 Å². The summed E-state index contributed by atoms with van der Waals surface area (Å²) in [5.74, 6) is 0.268. The van der Waals surface area contributed by atoms with Gasteiger partial charge in [0.2, 0.25) is 5.91 Å². The summed E-state index contributed by atoms with van der Waals surface area (Å²) in [5, 5.41) is 3.39. The zero-order chi connectivity index (χ0) is 13.5. The third-order valence-electron chi connectivity index (χ3n) is 3.64. The van der Waals surface area contributed by atoms with Crippen molar-refractivity contribution in [1.29, 1.82) is 0 Å². The van der Waals surface area contributed by atoms with Gasteiger partial charge in [0.1, 0.15) is 0 Å². The van der Waals surface area contributed by atoms with Gasteiger partial charge in [-0.2, -0.15) is 0 Å². The molecule has 1 fully saturated rings. The number of piperidine rings is 1. The van der Waals surface area contributed by atoms with Crippen LogP contribution in [0.25, 0.3) is 0 Å². The summed E-state index contributed by atoms with van der Waals surface area (Å²) in [6.45, 7) is 5.75. The predicted octanol–water partition coefficient (Wildman–Crippen LogP) is 1.26. The molecule has 0 bridgehead atoms. The van der Waals surface area contributed by atoms with E-state index in [9.17, 15) is 4.79 Å². The maximum Gasteiger partial charge on any atom is 0.224 e. The fourth-order valence-corrected chi connectivity index (χ4v) is 2.64. The number of carbonyl (C=O) groups excluding carboxylic acids is 1. The molecule has 0 radical (unpaired) electrons. The van der Waals surface area contributed by atoms with Crippen molar-refractivity contribution in [2.75, 3.05) is 19.6 Å². The number of hydrogen-bond donors (Lipinski definition) is 1. The second-order valence-electron chi connectivity index (χ2n) is 5.14. The summed E-state index contributed by atoms with van der Waals surface area (Å²) in [5.41, 5.74) is 0. The Labute approximate surface area is 115 Å². The number of nitrogens with one attached hydrogen (secondary N) is 1. The van der Waals surface area contributed by atoms with Crippen molar-refractivity contribution >= 4 is 5.91 Å². The first-order valence-electron chi connectivity index (χ1n) is 7.27. The summed E-state index contributed by atoms with van der Waals surface area (Å²) >= 11 is 0. The Kier molecular flexibility index (Phi) is 5.39. The first-order valence-corrected chi connectivity index (χ1v) is 7.27. The molecular weight excluding hydrogens is 240 g/mol. The molecule has 19 heavy (non-hydrogen) atoms. The number of nitrogens with zero attached hydrogens (tertiary/aromatic N) is 3. The molecule has 0 saturated carbocycles. The highest BCUT2D eigenvalue weighted by atomic mass is 16.2. The van der Waals surface area contributed by atoms with Crippen molar-refractivity contribution in [1.82, 2.24) is 19.8 Å². The van der Waals surface area contributed by atoms with Crippen molar-refractivity contribution in [3.05, 3.63) is 18.7 Å². The highest BCUT2D eigenvalue weighted by Crippen LogP contribution is 2.13. The van der Waals surface area contributed by atoms with Crippen LogP contribution in [0.3, 0.4) is 0 Å². The predicted molar refractivity (Wildman–Crippen MR) is 74.7 cm³/mol. The minimum absolute atomic E-state index is 0.268. The zero-order valence-electron chi connectivity index (χ0n) is 11.7. The first-order chi connectivity index (χ1) is 9.31. The van der Waals surface area contributed by atoms with Gasteiger partial charge in [-0.25, -0.2) is 4.98 Å². The van der Waals surface area contributed by atoms with Gasteiger partial charge >= 0.3 is 0 Å². The molecule has 5 heteroatoms. The first kappa shape index (κ1) is 14.1. The Morgan fingerprint density at radius 3 is 3.11 bits per heavy atom. The van der Waals surface area contributed by atoms with Crippen LogP contribution in [0, 0.1) is 0 Å². The van der Waals surface area contributed by atoms with Crippen LogP contribution in [-0.2, 0) is 11.3 Å². The normalized spacial score (nSPS) is 19.3. The van der Waals surface area contributed by atoms with Crippen LogP contribution in [0.15, 0.2) is 18.7 Å². The second-order valence-corrected chi connectivity index (χ2v) is 5.14. The Bertz CT molecular complexity index is 371. The average Bonchev–Trinajstić information content (AvgIpc) is 2.96. The molecule has 1 aromatic rings. The molecule has 2 rings (SSSR count). The average molecular weight is 264 g/mol. The summed E-state index contributed by atoms with van der Waals surface area (Å²) < 4.78 is 1.96. The standard InChI is InChI=1S/C14H24N4O/c1-2-8-18(13-4-3-6-15-11-13)14(19)5-9-17-10-7-16-12-17/h7,10,12-13,15H,2-6,8-9,11H2,1H3. The smallest absolute Gasteiger partial charge is 0.224 e. The highest BCUT2D eigenvalue weighted by molar-refractivity contribution is 5.76. The molecule has 5 nitrogen and oxygen atoms in total. The fourth-order valence-electron chi connectivity index (χ4n) is 2.64. The Hall–Kier alpha value is -1.36. The minimum Gasteiger partial charge on any atom is -0.338 e. The zero-order valence-corrected chi connectivity index (χ0v) is 11.7. The molecule has 1 aliphatic rings. The van der Waals surface area contributed by atoms with Crippen molar-refractivity contribution < 1.29 is 4.79 Å². The lowest BCUT2D eigenvalue weighted by atomic mass is 10.1. The third kappa shape index (κ3) is 4.06. The van der Waals surface area contributed by atoms with Crippen LogP contribution in [0.1, 0.15) is 32.6 Å². The van der Waals surface area contributed by atoms with E-state index in [2.05, 4.69) is 22.1 Å². The van der Waals surface area contributed by atoms with E-state index in [4.69, 9.17) is 0 Å². The molecule has 0 spiro atoms. The number of aryl methyl sites for hydroxylation is 1. The second kappa shape index (κ2) is 7.28. The topological polar surface area (TPSA) is 50.2 Å². The summed E-state index contributed by atoms with van der Waals surface area (Å²) in [6.07, 6.45) is 9.29. The van der Waals surface area contributed by atoms with E-state index in [1.807, 2.05) is 10.8 Å². The van der Waals surface area contributed by atoms with Gasteiger partial charge in [0.15, 0.2) is 0 Å². The van der Waals surface area contributed by atoms with Crippen LogP contribution in [0.5, 0.6) is 0 Å². The van der Waals surface area contributed by atoms with Gasteiger partial charge in [-0.3, -0.25) is 4.79 Å². The Balaban J connectivity index is 1.87. The Morgan fingerprint density at radius 2 is 2.47 bits per heavy atom. The highest BCUT2D eigenvalue weighted by Gasteiger charge is 2.24. The van der Waals surface area contributed by atoms with Crippen LogP contribution in [0.2, 0.25) is 0 Å². The molecule has 1 unspecified atom stereocenters. The van der Waals surface area contributed by atoms with Crippen LogP contribution in [0.4, 0.5) is 0 Å². The van der Waals surface area contributed by atoms with E-state index in [1.54, 1.807) is 12.5 Å². The van der Waals surface area contributed by atoms with Gasteiger partial charge in [-0.1, -0.05) is 6.92 Å². The quantitative estimate of drug-likeness (QED) is 0.841. The van der Waals surface area contributed by atoms with Gasteiger partial charge < -0.3 is 14.8 Å². The lowest BCUT2D eigenvalue weighted by Gasteiger charge is -2.34. The van der Waals surface area contributed by atoms with E-state index in [0.717, 1.165) is 39.0 Å². The maximum absolute atomic E-state index is 12.4. The van der Waals surface area contributed by atoms with Crippen LogP contribution < -0.4 is 5.32 Å². The molecule has 1 aliphatic heterocycles. The van der Waals surface area contributed by atoms with Gasteiger partial charge in [-0.05, 0) is 25.8 Å². The molecule has 106 valence electrons. The van der Waals surface area contributed by atoms with Gasteiger partial charge in [0.05, 0.1) is 6.33 Å². The molecule has 1 amide bonds. The SMILES string of the molecule is CCCN(C(=O)CCn1ccnc1)C1CCCNC1. The van der Waals surface area contributed by atoms with Crippen molar-refractivity contribution in [3.63, 3.8) is 0 Å². The fraction of sp³-hybridized carbons (Fsp3) is 0.714. The monoisotopic (exact) mass is 264 g/mol. The molecule has 0 aliphatic carbocycles. The summed E-state index contributed by atoms with van der Waals surface area (Å²) in [7, 11) is 0. The molecule has 2 heterocycles. The molecular formula is C14H24N4O. The van der Waals surface area contributed by atoms with Crippen molar-refractivity contribution in [3.8, 4) is 0 Å². The Morgan fingerprint density at radius 1 is 1.58 bits per heavy atom. The van der Waals surface area contributed by atoms with Crippen LogP contribution >= 0.6 is 0 Å². The van der Waals surface area contributed by atoms with E-state index >= 15 is 0 Å². The molecule has 1 saturated heterocycles. The lowest BCUT2D eigenvalue weighted by Crippen LogP contribution is -2.49. The van der Waals surface area contributed by atoms with E-state index in [0.29, 0.717) is 12.5 Å². The number of imidazole rings is 1. The minimum atomic E-state index is 0.268. The van der Waals surface area contributed by atoms with Crippen molar-refractivity contribution in [2.24, 2.45) is 0 Å². The third-order valence-corrected chi connectivity index (χ3v) is 3.64. The molecule has 0 aromatic carbocycles. The number of aromatic nitrogens is 2. The molecule has 1 aromatic heterocycles. The van der Waals surface area contributed by atoms with E-state index in [-0.39, 0.29) is 5.91 Å². The number of carbonyl (C=O) groups is 1. The number of rotatable bonds is 6. The lowest BCUT2D eigenvalue weighted by molar-refractivity contribution is -0.134. The van der Waals surface area contributed by atoms with Gasteiger partial charge in [-0.15, -0.1) is 0 Å². The number of amides is 1. The van der Waals surface area contributed by atoms with Crippen molar-refractivity contribution in [2.45, 2.75) is 45.2 Å².